The Morgan fingerprint density at radius 3 is 2.87 bits per heavy atom. The van der Waals surface area contributed by atoms with Gasteiger partial charge in [-0.05, 0) is 32.0 Å². The molecule has 0 saturated carbocycles. The van der Waals surface area contributed by atoms with Gasteiger partial charge in [0.25, 0.3) is 5.88 Å². The molecule has 1 aromatic rings. The molecule has 1 saturated heterocycles. The van der Waals surface area contributed by atoms with Gasteiger partial charge in [-0.3, -0.25) is 0 Å². The van der Waals surface area contributed by atoms with E-state index in [0.29, 0.717) is 0 Å². The fourth-order valence-corrected chi connectivity index (χ4v) is 1.70. The Kier molecular flexibility index (Phi) is 3.38. The summed E-state index contributed by atoms with van der Waals surface area (Å²) in [6, 6.07) is 1.21. The summed E-state index contributed by atoms with van der Waals surface area (Å²) >= 11 is 5.59. The number of piperidine rings is 1. The molecular formula is C10H12ClFN2O. The Labute approximate surface area is 92.6 Å². The Bertz CT molecular complexity index is 342. The third kappa shape index (κ3) is 2.79. The molecule has 1 aliphatic rings. The summed E-state index contributed by atoms with van der Waals surface area (Å²) in [6.07, 6.45) is 3.20. The third-order valence-corrected chi connectivity index (χ3v) is 2.55. The molecule has 0 aromatic carbocycles. The number of hydrogen-bond acceptors (Lipinski definition) is 3. The van der Waals surface area contributed by atoms with Crippen LogP contribution in [0.15, 0.2) is 12.3 Å². The van der Waals surface area contributed by atoms with E-state index in [0.717, 1.165) is 25.9 Å². The lowest BCUT2D eigenvalue weighted by Gasteiger charge is -2.23. The van der Waals surface area contributed by atoms with Gasteiger partial charge in [0.15, 0.2) is 5.82 Å². The third-order valence-electron chi connectivity index (χ3n) is 2.34. The highest BCUT2D eigenvalue weighted by Gasteiger charge is 2.17. The molecule has 0 amide bonds. The average molecular weight is 231 g/mol. The van der Waals surface area contributed by atoms with Crippen molar-refractivity contribution in [2.45, 2.75) is 18.9 Å². The summed E-state index contributed by atoms with van der Waals surface area (Å²) in [5.74, 6) is -0.452. The van der Waals surface area contributed by atoms with Crippen LogP contribution in [0.5, 0.6) is 5.88 Å². The molecule has 1 N–H and O–H groups in total. The maximum Gasteiger partial charge on any atom is 0.250 e. The van der Waals surface area contributed by atoms with Gasteiger partial charge in [-0.2, -0.15) is 0 Å². The van der Waals surface area contributed by atoms with E-state index in [1.54, 1.807) is 0 Å². The Morgan fingerprint density at radius 2 is 2.20 bits per heavy atom. The highest BCUT2D eigenvalue weighted by molar-refractivity contribution is 6.30. The maximum atomic E-state index is 13.3. The molecule has 15 heavy (non-hydrogen) atoms. The largest absolute Gasteiger partial charge is 0.472 e. The van der Waals surface area contributed by atoms with E-state index in [-0.39, 0.29) is 17.0 Å². The van der Waals surface area contributed by atoms with E-state index in [2.05, 4.69) is 10.3 Å². The van der Waals surface area contributed by atoms with Gasteiger partial charge in [0.05, 0.1) is 5.02 Å². The van der Waals surface area contributed by atoms with Crippen molar-refractivity contribution in [1.29, 1.82) is 0 Å². The second-order valence-corrected chi connectivity index (χ2v) is 3.94. The molecule has 5 heteroatoms. The quantitative estimate of drug-likeness (QED) is 0.844. The van der Waals surface area contributed by atoms with Crippen LogP contribution in [0.4, 0.5) is 4.39 Å². The van der Waals surface area contributed by atoms with Crippen LogP contribution in [-0.4, -0.2) is 24.2 Å². The molecule has 82 valence electrons. The lowest BCUT2D eigenvalue weighted by molar-refractivity contribution is 0.149. The van der Waals surface area contributed by atoms with Gasteiger partial charge in [0.1, 0.15) is 6.10 Å². The molecule has 0 atom stereocenters. The highest BCUT2D eigenvalue weighted by atomic mass is 35.5. The molecule has 3 nitrogen and oxygen atoms in total. The molecule has 2 rings (SSSR count). The van der Waals surface area contributed by atoms with Crippen molar-refractivity contribution in [3.05, 3.63) is 23.1 Å². The first-order chi connectivity index (χ1) is 7.25. The first-order valence-electron chi connectivity index (χ1n) is 4.94. The fraction of sp³-hybridized carbons (Fsp3) is 0.500. The molecule has 1 aromatic heterocycles. The van der Waals surface area contributed by atoms with E-state index in [4.69, 9.17) is 16.3 Å². The van der Waals surface area contributed by atoms with Crippen LogP contribution in [0.1, 0.15) is 12.8 Å². The highest BCUT2D eigenvalue weighted by Crippen LogP contribution is 2.20. The minimum Gasteiger partial charge on any atom is -0.472 e. The van der Waals surface area contributed by atoms with Crippen LogP contribution in [0, 0.1) is 5.82 Å². The van der Waals surface area contributed by atoms with Gasteiger partial charge in [-0.1, -0.05) is 11.6 Å². The van der Waals surface area contributed by atoms with Crippen molar-refractivity contribution in [2.75, 3.05) is 13.1 Å². The molecular weight excluding hydrogens is 219 g/mol. The maximum absolute atomic E-state index is 13.3. The molecule has 1 aliphatic heterocycles. The first-order valence-corrected chi connectivity index (χ1v) is 5.32. The summed E-state index contributed by atoms with van der Waals surface area (Å²) in [4.78, 5) is 3.82. The normalized spacial score (nSPS) is 17.7. The Balaban J connectivity index is 2.03. The second-order valence-electron chi connectivity index (χ2n) is 3.51. The molecule has 1 fully saturated rings. The van der Waals surface area contributed by atoms with Crippen LogP contribution in [-0.2, 0) is 0 Å². The van der Waals surface area contributed by atoms with Crippen LogP contribution < -0.4 is 10.1 Å². The first kappa shape index (κ1) is 10.6. The van der Waals surface area contributed by atoms with Crippen LogP contribution in [0.25, 0.3) is 0 Å². The number of hydrogen-bond donors (Lipinski definition) is 1. The van der Waals surface area contributed by atoms with Gasteiger partial charge in [-0.25, -0.2) is 9.37 Å². The van der Waals surface area contributed by atoms with Crippen LogP contribution in [0.2, 0.25) is 5.02 Å². The minimum absolute atomic E-state index is 0.0475. The van der Waals surface area contributed by atoms with E-state index in [9.17, 15) is 4.39 Å². The van der Waals surface area contributed by atoms with Crippen LogP contribution in [0.3, 0.4) is 0 Å². The number of aromatic nitrogens is 1. The summed E-state index contributed by atoms with van der Waals surface area (Å²) in [7, 11) is 0. The number of nitrogens with one attached hydrogen (secondary N) is 1. The van der Waals surface area contributed by atoms with Crippen molar-refractivity contribution < 1.29 is 9.13 Å². The number of halogens is 2. The molecule has 0 bridgehead atoms. The Morgan fingerprint density at radius 1 is 1.47 bits per heavy atom. The van der Waals surface area contributed by atoms with E-state index < -0.39 is 5.82 Å². The van der Waals surface area contributed by atoms with Gasteiger partial charge in [0, 0.05) is 6.20 Å². The number of ether oxygens (including phenoxy) is 1. The van der Waals surface area contributed by atoms with E-state index in [1.807, 2.05) is 0 Å². The summed E-state index contributed by atoms with van der Waals surface area (Å²) in [5, 5.41) is 3.49. The zero-order valence-electron chi connectivity index (χ0n) is 8.17. The summed E-state index contributed by atoms with van der Waals surface area (Å²) < 4.78 is 18.8. The number of rotatable bonds is 2. The van der Waals surface area contributed by atoms with Gasteiger partial charge in [0.2, 0.25) is 0 Å². The lowest BCUT2D eigenvalue weighted by Crippen LogP contribution is -2.34. The van der Waals surface area contributed by atoms with Crippen molar-refractivity contribution in [1.82, 2.24) is 10.3 Å². The van der Waals surface area contributed by atoms with Gasteiger partial charge in [-0.15, -0.1) is 0 Å². The zero-order chi connectivity index (χ0) is 10.7. The topological polar surface area (TPSA) is 34.1 Å². The molecule has 0 aliphatic carbocycles. The SMILES string of the molecule is Fc1cc(Cl)cnc1OC1CCNCC1. The molecule has 0 radical (unpaired) electrons. The predicted molar refractivity (Wildman–Crippen MR) is 55.7 cm³/mol. The summed E-state index contributed by atoms with van der Waals surface area (Å²) in [6.45, 7) is 1.81. The monoisotopic (exact) mass is 230 g/mol. The predicted octanol–water partition coefficient (Wildman–Crippen LogP) is 2.00. The van der Waals surface area contributed by atoms with E-state index in [1.165, 1.54) is 12.3 Å². The van der Waals surface area contributed by atoms with Gasteiger partial charge >= 0.3 is 0 Å². The average Bonchev–Trinajstić information content (AvgIpc) is 2.24. The lowest BCUT2D eigenvalue weighted by atomic mass is 10.1. The summed E-state index contributed by atoms with van der Waals surface area (Å²) in [5.41, 5.74) is 0. The van der Waals surface area contributed by atoms with Crippen molar-refractivity contribution in [3.63, 3.8) is 0 Å². The van der Waals surface area contributed by atoms with E-state index >= 15 is 0 Å². The molecule has 0 unspecified atom stereocenters. The van der Waals surface area contributed by atoms with Gasteiger partial charge < -0.3 is 10.1 Å². The standard InChI is InChI=1S/C10H12ClFN2O/c11-7-5-9(12)10(14-6-7)15-8-1-3-13-4-2-8/h5-6,8,13H,1-4H2. The minimum atomic E-state index is -0.499. The smallest absolute Gasteiger partial charge is 0.250 e. The zero-order valence-corrected chi connectivity index (χ0v) is 8.93. The second kappa shape index (κ2) is 4.77. The number of nitrogens with zero attached hydrogens (tertiary/aromatic N) is 1. The fourth-order valence-electron chi connectivity index (χ4n) is 1.56. The molecule has 0 spiro atoms. The van der Waals surface area contributed by atoms with Crippen molar-refractivity contribution >= 4 is 11.6 Å². The number of pyridine rings is 1. The van der Waals surface area contributed by atoms with Crippen molar-refractivity contribution in [3.8, 4) is 5.88 Å². The Hall–Kier alpha value is -0.870. The van der Waals surface area contributed by atoms with Crippen LogP contribution >= 0.6 is 11.6 Å². The van der Waals surface area contributed by atoms with Crippen molar-refractivity contribution in [2.24, 2.45) is 0 Å². The molecule has 2 heterocycles.